The highest BCUT2D eigenvalue weighted by Crippen LogP contribution is 2.19. The maximum absolute atomic E-state index is 12.6. The number of rotatable bonds is 5. The van der Waals surface area contributed by atoms with E-state index in [1.165, 1.54) is 0 Å². The quantitative estimate of drug-likeness (QED) is 0.918. The first-order valence-corrected chi connectivity index (χ1v) is 7.04. The second-order valence-corrected chi connectivity index (χ2v) is 5.04. The molecular weight excluding hydrogens is 266 g/mol. The van der Waals surface area contributed by atoms with Crippen molar-refractivity contribution in [1.82, 2.24) is 10.1 Å². The van der Waals surface area contributed by atoms with E-state index in [0.29, 0.717) is 12.1 Å². The summed E-state index contributed by atoms with van der Waals surface area (Å²) in [5.41, 5.74) is 3.32. The van der Waals surface area contributed by atoms with Gasteiger partial charge < -0.3 is 14.7 Å². The van der Waals surface area contributed by atoms with Crippen LogP contribution in [0.3, 0.4) is 0 Å². The summed E-state index contributed by atoms with van der Waals surface area (Å²) in [5, 5.41) is 7.14. The van der Waals surface area contributed by atoms with Crippen molar-refractivity contribution in [2.75, 3.05) is 18.9 Å². The molecule has 5 heteroatoms. The smallest absolute Gasteiger partial charge is 0.255 e. The summed E-state index contributed by atoms with van der Waals surface area (Å²) in [6.45, 7) is 7.02. The highest BCUT2D eigenvalue weighted by molar-refractivity contribution is 5.99. The Morgan fingerprint density at radius 2 is 2.05 bits per heavy atom. The number of hydrogen-bond donors (Lipinski definition) is 1. The molecule has 2 rings (SSSR count). The van der Waals surface area contributed by atoms with Crippen molar-refractivity contribution in [1.29, 1.82) is 0 Å². The summed E-state index contributed by atoms with van der Waals surface area (Å²) >= 11 is 0. The Bertz CT molecular complexity index is 615. The minimum Gasteiger partial charge on any atom is -0.385 e. The second kappa shape index (κ2) is 6.43. The summed E-state index contributed by atoms with van der Waals surface area (Å²) in [6.07, 6.45) is 0. The van der Waals surface area contributed by atoms with Gasteiger partial charge in [0.2, 0.25) is 0 Å². The number of aryl methyl sites for hydroxylation is 2. The number of hydrogen-bond acceptors (Lipinski definition) is 4. The van der Waals surface area contributed by atoms with Crippen LogP contribution >= 0.6 is 0 Å². The molecule has 1 amide bonds. The van der Waals surface area contributed by atoms with Crippen molar-refractivity contribution in [2.24, 2.45) is 0 Å². The van der Waals surface area contributed by atoms with Gasteiger partial charge in [0, 0.05) is 24.8 Å². The molecule has 0 unspecified atom stereocenters. The Hall–Kier alpha value is -2.30. The van der Waals surface area contributed by atoms with E-state index in [1.54, 1.807) is 11.9 Å². The lowest BCUT2D eigenvalue weighted by Gasteiger charge is -2.19. The first kappa shape index (κ1) is 15.1. The van der Waals surface area contributed by atoms with Gasteiger partial charge in [-0.3, -0.25) is 4.79 Å². The number of aromatic nitrogens is 1. The van der Waals surface area contributed by atoms with E-state index in [0.717, 1.165) is 29.2 Å². The molecule has 1 heterocycles. The maximum Gasteiger partial charge on any atom is 0.255 e. The van der Waals surface area contributed by atoms with E-state index in [4.69, 9.17) is 4.52 Å². The first-order valence-electron chi connectivity index (χ1n) is 7.04. The van der Waals surface area contributed by atoms with Crippen LogP contribution in [0.1, 0.15) is 34.3 Å². The number of nitrogens with zero attached hydrogens (tertiary/aromatic N) is 2. The van der Waals surface area contributed by atoms with E-state index >= 15 is 0 Å². The van der Waals surface area contributed by atoms with Gasteiger partial charge in [0.1, 0.15) is 5.76 Å². The molecular formula is C16H21N3O2. The van der Waals surface area contributed by atoms with Crippen molar-refractivity contribution < 1.29 is 9.32 Å². The molecule has 0 atom stereocenters. The Morgan fingerprint density at radius 1 is 1.33 bits per heavy atom. The molecule has 0 bridgehead atoms. The summed E-state index contributed by atoms with van der Waals surface area (Å²) in [6, 6.07) is 7.55. The van der Waals surface area contributed by atoms with E-state index < -0.39 is 0 Å². The summed E-state index contributed by atoms with van der Waals surface area (Å²) < 4.78 is 5.14. The molecule has 1 aromatic carbocycles. The minimum atomic E-state index is -0.0217. The van der Waals surface area contributed by atoms with Crippen molar-refractivity contribution >= 4 is 11.6 Å². The van der Waals surface area contributed by atoms with Gasteiger partial charge in [0.15, 0.2) is 0 Å². The Balaban J connectivity index is 2.20. The zero-order valence-electron chi connectivity index (χ0n) is 12.9. The molecule has 0 spiro atoms. The van der Waals surface area contributed by atoms with Crippen LogP contribution in [0.25, 0.3) is 0 Å². The molecule has 0 aliphatic heterocycles. The van der Waals surface area contributed by atoms with Gasteiger partial charge >= 0.3 is 0 Å². The van der Waals surface area contributed by atoms with Crippen LogP contribution in [0.5, 0.6) is 0 Å². The normalized spacial score (nSPS) is 10.5. The summed E-state index contributed by atoms with van der Waals surface area (Å²) in [4.78, 5) is 14.3. The topological polar surface area (TPSA) is 58.4 Å². The molecule has 0 radical (unpaired) electrons. The summed E-state index contributed by atoms with van der Waals surface area (Å²) in [5.74, 6) is 0.735. The number of carbonyl (C=O) groups excluding carboxylic acids is 1. The number of carbonyl (C=O) groups is 1. The van der Waals surface area contributed by atoms with Gasteiger partial charge in [0.05, 0.1) is 17.8 Å². The maximum atomic E-state index is 12.6. The van der Waals surface area contributed by atoms with E-state index in [-0.39, 0.29) is 5.91 Å². The molecule has 0 saturated carbocycles. The number of amides is 1. The highest BCUT2D eigenvalue weighted by atomic mass is 16.5. The SMILES string of the molecule is CCNc1ccccc1C(=O)N(C)Cc1c(C)noc1C. The predicted octanol–water partition coefficient (Wildman–Crippen LogP) is 3.00. The second-order valence-electron chi connectivity index (χ2n) is 5.04. The first-order chi connectivity index (χ1) is 10.0. The molecule has 0 aliphatic carbocycles. The largest absolute Gasteiger partial charge is 0.385 e. The molecule has 112 valence electrons. The van der Waals surface area contributed by atoms with Crippen LogP contribution in [0.15, 0.2) is 28.8 Å². The van der Waals surface area contributed by atoms with Gasteiger partial charge in [-0.25, -0.2) is 0 Å². The highest BCUT2D eigenvalue weighted by Gasteiger charge is 2.18. The Morgan fingerprint density at radius 3 is 2.67 bits per heavy atom. The Kier molecular flexibility index (Phi) is 4.62. The molecule has 1 aromatic heterocycles. The monoisotopic (exact) mass is 287 g/mol. The number of nitrogens with one attached hydrogen (secondary N) is 1. The third-order valence-corrected chi connectivity index (χ3v) is 3.45. The average molecular weight is 287 g/mol. The van der Waals surface area contributed by atoms with Crippen LogP contribution in [-0.2, 0) is 6.54 Å². The van der Waals surface area contributed by atoms with Gasteiger partial charge in [-0.1, -0.05) is 17.3 Å². The molecule has 2 aromatic rings. The molecule has 0 saturated heterocycles. The number of para-hydroxylation sites is 1. The molecule has 21 heavy (non-hydrogen) atoms. The lowest BCUT2D eigenvalue weighted by Crippen LogP contribution is -2.27. The summed E-state index contributed by atoms with van der Waals surface area (Å²) in [7, 11) is 1.79. The lowest BCUT2D eigenvalue weighted by atomic mass is 10.1. The predicted molar refractivity (Wildman–Crippen MR) is 82.4 cm³/mol. The van der Waals surface area contributed by atoms with Crippen LogP contribution in [0.4, 0.5) is 5.69 Å². The van der Waals surface area contributed by atoms with Crippen molar-refractivity contribution in [3.05, 3.63) is 46.8 Å². The van der Waals surface area contributed by atoms with Crippen LogP contribution in [-0.4, -0.2) is 29.6 Å². The zero-order chi connectivity index (χ0) is 15.4. The fourth-order valence-electron chi connectivity index (χ4n) is 2.26. The van der Waals surface area contributed by atoms with Gasteiger partial charge in [-0.2, -0.15) is 0 Å². The van der Waals surface area contributed by atoms with Gasteiger partial charge in [-0.15, -0.1) is 0 Å². The van der Waals surface area contributed by atoms with Gasteiger partial charge in [-0.05, 0) is 32.9 Å². The number of anilines is 1. The minimum absolute atomic E-state index is 0.0217. The molecule has 5 nitrogen and oxygen atoms in total. The van der Waals surface area contributed by atoms with E-state index in [1.807, 2.05) is 45.0 Å². The van der Waals surface area contributed by atoms with Crippen LogP contribution in [0, 0.1) is 13.8 Å². The van der Waals surface area contributed by atoms with Crippen LogP contribution in [0.2, 0.25) is 0 Å². The molecule has 0 fully saturated rings. The van der Waals surface area contributed by atoms with Crippen molar-refractivity contribution in [3.8, 4) is 0 Å². The van der Waals surface area contributed by atoms with Crippen molar-refractivity contribution in [2.45, 2.75) is 27.3 Å². The van der Waals surface area contributed by atoms with E-state index in [2.05, 4.69) is 10.5 Å². The average Bonchev–Trinajstić information content (AvgIpc) is 2.79. The van der Waals surface area contributed by atoms with E-state index in [9.17, 15) is 4.79 Å². The molecule has 0 aliphatic rings. The standard InChI is InChI=1S/C16H21N3O2/c1-5-17-15-9-7-6-8-13(15)16(20)19(4)10-14-11(2)18-21-12(14)3/h6-9,17H,5,10H2,1-4H3. The fraction of sp³-hybridized carbons (Fsp3) is 0.375. The third kappa shape index (κ3) is 3.24. The lowest BCUT2D eigenvalue weighted by molar-refractivity contribution is 0.0785. The fourth-order valence-corrected chi connectivity index (χ4v) is 2.26. The Labute approximate surface area is 124 Å². The molecule has 1 N–H and O–H groups in total. The van der Waals surface area contributed by atoms with Crippen LogP contribution < -0.4 is 5.32 Å². The van der Waals surface area contributed by atoms with Crippen molar-refractivity contribution in [3.63, 3.8) is 0 Å². The van der Waals surface area contributed by atoms with Gasteiger partial charge in [0.25, 0.3) is 5.91 Å². The zero-order valence-corrected chi connectivity index (χ0v) is 12.9. The number of benzene rings is 1. The third-order valence-electron chi connectivity index (χ3n) is 3.45.